The maximum Gasteiger partial charge on any atom is 0.269 e. The Morgan fingerprint density at radius 2 is 0.836 bits per heavy atom. The van der Waals surface area contributed by atoms with Crippen molar-refractivity contribution in [1.82, 2.24) is 0 Å². The summed E-state index contributed by atoms with van der Waals surface area (Å²) in [6.45, 7) is 0. The molecule has 0 heterocycles. The molecule has 0 spiro atoms. The Balaban J connectivity index is -0.000000765. The number of non-ortho nitro benzene ring substituents is 2. The summed E-state index contributed by atoms with van der Waals surface area (Å²) in [6, 6.07) is 26.4. The number of carbonyl (C=O) groups is 10. The Kier molecular flexibility index (Phi) is 40.2. The van der Waals surface area contributed by atoms with E-state index < -0.39 is 27.6 Å². The van der Waals surface area contributed by atoms with Gasteiger partial charge in [-0.05, 0) is 81.7 Å². The largest absolute Gasteiger partial charge is 0.399 e. The number of benzene rings is 4. The van der Waals surface area contributed by atoms with Gasteiger partial charge >= 0.3 is 0 Å². The molecule has 3 N–H and O–H groups in total. The molecular formula is C45H48Br4N4O14. The van der Waals surface area contributed by atoms with Crippen molar-refractivity contribution >= 4 is 147 Å². The fourth-order valence-corrected chi connectivity index (χ4v) is 4.79. The minimum Gasteiger partial charge on any atom is -0.399 e. The first-order valence-electron chi connectivity index (χ1n) is 18.7. The van der Waals surface area contributed by atoms with Crippen molar-refractivity contribution in [1.29, 1.82) is 0 Å². The molecular weight excluding hydrogens is 1140 g/mol. The molecule has 0 radical (unpaired) electrons. The van der Waals surface area contributed by atoms with Crippen LogP contribution in [0, 0.1) is 38.0 Å². The minimum atomic E-state index is -0.675. The van der Waals surface area contributed by atoms with Crippen LogP contribution < -0.4 is 11.1 Å². The Bertz CT molecular complexity index is 2100. The number of amides is 1. The third kappa shape index (κ3) is 33.1. The Morgan fingerprint density at radius 3 is 1.07 bits per heavy atom. The Labute approximate surface area is 420 Å². The van der Waals surface area contributed by atoms with Crippen molar-refractivity contribution in [2.45, 2.75) is 38.4 Å². The number of halogens is 4. The van der Waals surface area contributed by atoms with E-state index in [2.05, 4.69) is 69.0 Å². The fourth-order valence-electron chi connectivity index (χ4n) is 4.27. The number of rotatable bonds is 20. The van der Waals surface area contributed by atoms with E-state index in [4.69, 9.17) is 5.73 Å². The van der Waals surface area contributed by atoms with Gasteiger partial charge in [0.1, 0.15) is 50.3 Å². The molecule has 22 heteroatoms. The van der Waals surface area contributed by atoms with Gasteiger partial charge in [-0.25, -0.2) is 0 Å². The van der Waals surface area contributed by atoms with Crippen LogP contribution in [0.2, 0.25) is 0 Å². The topological polar surface area (TPSA) is 295 Å². The van der Waals surface area contributed by atoms with Gasteiger partial charge in [0.25, 0.3) is 11.4 Å². The fraction of sp³-hybridized carbons (Fsp3) is 0.244. The number of anilines is 2. The van der Waals surface area contributed by atoms with E-state index in [0.717, 1.165) is 27.6 Å². The van der Waals surface area contributed by atoms with E-state index in [1.807, 2.05) is 12.1 Å². The summed E-state index contributed by atoms with van der Waals surface area (Å²) < 4.78 is -0.0162. The zero-order valence-corrected chi connectivity index (χ0v) is 41.1. The number of alkyl halides is 3. The first kappa shape index (κ1) is 65.2. The van der Waals surface area contributed by atoms with Crippen LogP contribution in [-0.2, 0) is 72.5 Å². The summed E-state index contributed by atoms with van der Waals surface area (Å²) in [5, 5.41) is 24.6. The zero-order valence-electron chi connectivity index (χ0n) is 34.7. The van der Waals surface area contributed by atoms with Gasteiger partial charge in [-0.2, -0.15) is 0 Å². The molecule has 0 fully saturated rings. The molecule has 0 atom stereocenters. The first-order chi connectivity index (χ1) is 31.5. The van der Waals surface area contributed by atoms with Crippen molar-refractivity contribution in [3.05, 3.63) is 140 Å². The van der Waals surface area contributed by atoms with E-state index in [9.17, 15) is 68.2 Å². The highest BCUT2D eigenvalue weighted by Gasteiger charge is 2.10. The smallest absolute Gasteiger partial charge is 0.269 e. The molecule has 0 saturated heterocycles. The van der Waals surface area contributed by atoms with Gasteiger partial charge in [0.15, 0.2) is 0 Å². The van der Waals surface area contributed by atoms with Crippen LogP contribution in [0.25, 0.3) is 0 Å². The van der Waals surface area contributed by atoms with Crippen molar-refractivity contribution in [2.75, 3.05) is 21.7 Å². The highest BCUT2D eigenvalue weighted by molar-refractivity contribution is 9.19. The van der Waals surface area contributed by atoms with E-state index in [0.29, 0.717) is 79.8 Å². The van der Waals surface area contributed by atoms with E-state index in [1.165, 1.54) is 36.4 Å². The summed E-state index contributed by atoms with van der Waals surface area (Å²) in [7, 11) is 0. The molecule has 0 aliphatic heterocycles. The molecule has 18 nitrogen and oxygen atoms in total. The number of nitrogen functional groups attached to an aromatic ring is 1. The molecule has 4 aromatic carbocycles. The van der Waals surface area contributed by atoms with Crippen molar-refractivity contribution < 1.29 is 57.8 Å². The lowest BCUT2D eigenvalue weighted by Gasteiger charge is -2.06. The highest BCUT2D eigenvalue weighted by Crippen LogP contribution is 2.16. The van der Waals surface area contributed by atoms with Crippen LogP contribution >= 0.6 is 63.7 Å². The van der Waals surface area contributed by atoms with Crippen molar-refractivity contribution in [3.63, 3.8) is 0 Å². The minimum absolute atomic E-state index is 0. The third-order valence-corrected chi connectivity index (χ3v) is 10.2. The molecule has 4 aromatic rings. The first-order valence-corrected chi connectivity index (χ1v) is 22.9. The van der Waals surface area contributed by atoms with Crippen LogP contribution in [0.5, 0.6) is 0 Å². The second-order valence-electron chi connectivity index (χ2n) is 12.6. The molecule has 0 aromatic heterocycles. The molecule has 0 unspecified atom stereocenters. The lowest BCUT2D eigenvalue weighted by molar-refractivity contribution is -0.385. The predicted octanol–water partition coefficient (Wildman–Crippen LogP) is 7.76. The molecule has 67 heavy (non-hydrogen) atoms. The molecule has 4 rings (SSSR count). The van der Waals surface area contributed by atoms with Crippen molar-refractivity contribution in [2.24, 2.45) is 17.8 Å². The van der Waals surface area contributed by atoms with Crippen LogP contribution in [-0.4, -0.2) is 81.4 Å². The monoisotopic (exact) mass is 1180 g/mol. The van der Waals surface area contributed by atoms with Gasteiger partial charge in [0.2, 0.25) is 10.6 Å². The van der Waals surface area contributed by atoms with Gasteiger partial charge in [-0.3, -0.25) is 29.8 Å². The summed E-state index contributed by atoms with van der Waals surface area (Å²) >= 11 is 11.9. The number of hydrogen-bond acceptors (Lipinski definition) is 15. The van der Waals surface area contributed by atoms with Crippen molar-refractivity contribution in [3.8, 4) is 0 Å². The zero-order chi connectivity index (χ0) is 50.3. The Morgan fingerprint density at radius 1 is 0.537 bits per heavy atom. The average Bonchev–Trinajstić information content (AvgIpc) is 3.34. The number of nitrogens with zero attached hydrogens (tertiary/aromatic N) is 2. The number of nitro benzene ring substituents is 2. The SMILES string of the molecule is C.Nc1ccc(CC(C=O)C=O)cc1.O=C(Br)CBr.O=CC(C=O)Cc1ccc(NC(=O)CBr)cc1.O=CC(C=O)Cc1ccc([N+](=O)[O-])cc1.O=CCC=O.O=[N+]([O-])c1ccc(CBr)cc1. The van der Waals surface area contributed by atoms with Crippen LogP contribution in [0.3, 0.4) is 0 Å². The predicted molar refractivity (Wildman–Crippen MR) is 268 cm³/mol. The number of nitrogens with two attached hydrogens (primary N) is 1. The van der Waals surface area contributed by atoms with Gasteiger partial charge in [-0.1, -0.05) is 104 Å². The van der Waals surface area contributed by atoms with Gasteiger partial charge < -0.3 is 49.4 Å². The normalized spacial score (nSPS) is 9.30. The summed E-state index contributed by atoms with van der Waals surface area (Å²) in [5.41, 5.74) is 10.6. The standard InChI is InChI=1S/C12H12BrNO3.C10H9NO4.C10H11NO2.C7H6BrNO2.C3H4O2.C2H2Br2O.CH4/c13-6-12(17)14-11-3-1-9(2-4-11)5-10(7-15)8-16;12-6-9(7-13)5-8-1-3-10(4-2-8)11(14)15;11-10-3-1-8(2-4-10)5-9(6-12)7-13;8-5-6-1-3-7(4-2-6)9(10)11;4-2-1-3-5;3-1-2(4)5;/h1-4,7-8,10H,5-6H2,(H,14,17);1-4,6-7,9H,5H2;1-4,6-7,9H,5,11H2;1-4H,5H2;2-3H,1H2;1H2;1H4. The number of carbonyl (C=O) groups excluding carboxylic acids is 10. The third-order valence-electron chi connectivity index (χ3n) is 7.55. The van der Waals surface area contributed by atoms with E-state index in [-0.39, 0.29) is 47.6 Å². The van der Waals surface area contributed by atoms with Gasteiger partial charge in [0.05, 0.1) is 44.7 Å². The second kappa shape index (κ2) is 41.3. The van der Waals surface area contributed by atoms with Crippen LogP contribution in [0.15, 0.2) is 97.1 Å². The quantitative estimate of drug-likeness (QED) is 0.0163. The highest BCUT2D eigenvalue weighted by atomic mass is 79.9. The number of nitrogens with one attached hydrogen (secondary N) is 1. The molecule has 0 saturated carbocycles. The molecule has 0 aliphatic carbocycles. The summed E-state index contributed by atoms with van der Waals surface area (Å²) in [4.78, 5) is 121. The maximum absolute atomic E-state index is 11.1. The molecule has 0 bridgehead atoms. The number of nitro groups is 2. The van der Waals surface area contributed by atoms with Gasteiger partial charge in [-0.15, -0.1) is 0 Å². The van der Waals surface area contributed by atoms with E-state index >= 15 is 0 Å². The lowest BCUT2D eigenvalue weighted by atomic mass is 10.0. The summed E-state index contributed by atoms with van der Waals surface area (Å²) in [6.07, 6.45) is 5.98. The Hall–Kier alpha value is -6.10. The number of hydrogen-bond donors (Lipinski definition) is 2. The van der Waals surface area contributed by atoms with Crippen LogP contribution in [0.4, 0.5) is 22.7 Å². The molecule has 360 valence electrons. The lowest BCUT2D eigenvalue weighted by Crippen LogP contribution is -2.12. The molecule has 1 amide bonds. The average molecular weight is 1190 g/mol. The summed E-state index contributed by atoms with van der Waals surface area (Å²) in [5.74, 6) is -1.94. The maximum atomic E-state index is 11.1. The number of aldehydes is 8. The second-order valence-corrected chi connectivity index (χ2v) is 15.1. The van der Waals surface area contributed by atoms with Gasteiger partial charge in [0, 0.05) is 41.0 Å². The molecule has 0 aliphatic rings. The van der Waals surface area contributed by atoms with Crippen LogP contribution in [0.1, 0.15) is 36.1 Å². The van der Waals surface area contributed by atoms with E-state index in [1.54, 1.807) is 48.5 Å².